The average Bonchev–Trinajstić information content (AvgIpc) is 1.77. The van der Waals surface area contributed by atoms with Crippen LogP contribution in [0.25, 0.3) is 0 Å². The molecule has 0 aromatic heterocycles. The number of hydrogen-bond donors (Lipinski definition) is 0. The van der Waals surface area contributed by atoms with E-state index in [-0.39, 0.29) is 5.83 Å². The van der Waals surface area contributed by atoms with Crippen LogP contribution in [-0.2, 0) is 0 Å². The Morgan fingerprint density at radius 2 is 2.25 bits per heavy atom. The predicted molar refractivity (Wildman–Crippen MR) is 32.0 cm³/mol. The van der Waals surface area contributed by atoms with Crippen molar-refractivity contribution < 1.29 is 4.39 Å². The van der Waals surface area contributed by atoms with Crippen molar-refractivity contribution in [2.75, 3.05) is 0 Å². The van der Waals surface area contributed by atoms with Crippen molar-refractivity contribution in [2.45, 2.75) is 6.42 Å². The van der Waals surface area contributed by atoms with E-state index in [1.165, 1.54) is 12.2 Å². The van der Waals surface area contributed by atoms with Gasteiger partial charge in [0, 0.05) is 0 Å². The fourth-order valence-corrected chi connectivity index (χ4v) is 0.641. The van der Waals surface area contributed by atoms with Crippen LogP contribution in [0, 0.1) is 5.38 Å². The van der Waals surface area contributed by atoms with Crippen LogP contribution in [0.15, 0.2) is 24.1 Å². The lowest BCUT2D eigenvalue weighted by Gasteiger charge is -2.01. The SMILES string of the molecule is FC1=CC[C](Cl)C=C1. The van der Waals surface area contributed by atoms with Gasteiger partial charge in [0.2, 0.25) is 0 Å². The standard InChI is InChI=1S/C6H5ClF/c7-5-1-3-6(8)4-2-5/h1,3-4H,2H2. The van der Waals surface area contributed by atoms with Crippen molar-refractivity contribution in [1.82, 2.24) is 0 Å². The van der Waals surface area contributed by atoms with Crippen LogP contribution in [0.1, 0.15) is 6.42 Å². The molecule has 0 atom stereocenters. The molecule has 0 amide bonds. The third kappa shape index (κ3) is 1.34. The summed E-state index contributed by atoms with van der Waals surface area (Å²) in [6.45, 7) is 0. The van der Waals surface area contributed by atoms with Crippen LogP contribution < -0.4 is 0 Å². The minimum absolute atomic E-state index is 0.200. The van der Waals surface area contributed by atoms with E-state index >= 15 is 0 Å². The van der Waals surface area contributed by atoms with Gasteiger partial charge in [-0.05, 0) is 18.6 Å². The molecule has 1 rings (SSSR count). The average molecular weight is 132 g/mol. The highest BCUT2D eigenvalue weighted by molar-refractivity contribution is 6.28. The Kier molecular flexibility index (Phi) is 1.69. The molecular weight excluding hydrogens is 127 g/mol. The Labute approximate surface area is 52.6 Å². The Hall–Kier alpha value is -0.300. The molecule has 0 saturated heterocycles. The van der Waals surface area contributed by atoms with Gasteiger partial charge in [0.25, 0.3) is 0 Å². The second-order valence-corrected chi connectivity index (χ2v) is 2.06. The summed E-state index contributed by atoms with van der Waals surface area (Å²) >= 11 is 5.50. The molecule has 0 aliphatic heterocycles. The zero-order valence-corrected chi connectivity index (χ0v) is 4.95. The Morgan fingerprint density at radius 3 is 2.62 bits per heavy atom. The van der Waals surface area contributed by atoms with Gasteiger partial charge in [0.1, 0.15) is 5.83 Å². The summed E-state index contributed by atoms with van der Waals surface area (Å²) < 4.78 is 12.1. The van der Waals surface area contributed by atoms with Gasteiger partial charge in [-0.25, -0.2) is 4.39 Å². The molecule has 0 aromatic carbocycles. The van der Waals surface area contributed by atoms with Gasteiger partial charge in [-0.2, -0.15) is 0 Å². The fourth-order valence-electron chi connectivity index (χ4n) is 0.501. The molecule has 1 aliphatic rings. The van der Waals surface area contributed by atoms with Gasteiger partial charge in [-0.15, -0.1) is 11.6 Å². The summed E-state index contributed by atoms with van der Waals surface area (Å²) in [5, 5.41) is 0.686. The van der Waals surface area contributed by atoms with Crippen LogP contribution in [-0.4, -0.2) is 0 Å². The third-order valence-electron chi connectivity index (χ3n) is 0.915. The minimum atomic E-state index is -0.200. The van der Waals surface area contributed by atoms with Crippen molar-refractivity contribution >= 4 is 11.6 Å². The summed E-state index contributed by atoms with van der Waals surface area (Å²) in [7, 11) is 0. The summed E-state index contributed by atoms with van der Waals surface area (Å²) in [6, 6.07) is 0. The first-order chi connectivity index (χ1) is 3.79. The molecule has 0 unspecified atom stereocenters. The van der Waals surface area contributed by atoms with Crippen LogP contribution in [0.4, 0.5) is 4.39 Å². The van der Waals surface area contributed by atoms with E-state index in [1.54, 1.807) is 6.08 Å². The summed E-state index contributed by atoms with van der Waals surface area (Å²) in [5.74, 6) is -0.200. The summed E-state index contributed by atoms with van der Waals surface area (Å²) in [5.41, 5.74) is 0. The number of hydrogen-bond acceptors (Lipinski definition) is 0. The molecule has 0 fully saturated rings. The maximum atomic E-state index is 12.1. The van der Waals surface area contributed by atoms with Crippen molar-refractivity contribution in [3.05, 3.63) is 29.4 Å². The van der Waals surface area contributed by atoms with Crippen molar-refractivity contribution in [1.29, 1.82) is 0 Å². The van der Waals surface area contributed by atoms with Gasteiger partial charge >= 0.3 is 0 Å². The van der Waals surface area contributed by atoms with E-state index < -0.39 is 0 Å². The predicted octanol–water partition coefficient (Wildman–Crippen LogP) is 2.57. The first-order valence-corrected chi connectivity index (χ1v) is 2.72. The molecule has 8 heavy (non-hydrogen) atoms. The number of allylic oxidation sites excluding steroid dienone is 4. The van der Waals surface area contributed by atoms with Crippen LogP contribution in [0.5, 0.6) is 0 Å². The quantitative estimate of drug-likeness (QED) is 0.474. The third-order valence-corrected chi connectivity index (χ3v) is 1.20. The molecular formula is C6H5ClF. The normalized spacial score (nSPS) is 21.0. The maximum absolute atomic E-state index is 12.1. The van der Waals surface area contributed by atoms with Gasteiger partial charge < -0.3 is 0 Å². The largest absolute Gasteiger partial charge is 0.207 e. The lowest BCUT2D eigenvalue weighted by atomic mass is 10.2. The van der Waals surface area contributed by atoms with Crippen LogP contribution in [0.3, 0.4) is 0 Å². The van der Waals surface area contributed by atoms with Gasteiger partial charge in [-0.1, -0.05) is 6.08 Å². The Balaban J connectivity index is 2.58. The highest BCUT2D eigenvalue weighted by Gasteiger charge is 2.03. The van der Waals surface area contributed by atoms with Crippen molar-refractivity contribution in [3.63, 3.8) is 0 Å². The second kappa shape index (κ2) is 2.31. The fraction of sp³-hybridized carbons (Fsp3) is 0.167. The monoisotopic (exact) mass is 131 g/mol. The zero-order chi connectivity index (χ0) is 5.98. The summed E-state index contributed by atoms with van der Waals surface area (Å²) in [4.78, 5) is 0. The lowest BCUT2D eigenvalue weighted by Crippen LogP contribution is -1.85. The topological polar surface area (TPSA) is 0 Å². The maximum Gasteiger partial charge on any atom is 0.119 e. The molecule has 43 valence electrons. The molecule has 1 radical (unpaired) electrons. The molecule has 0 saturated carbocycles. The van der Waals surface area contributed by atoms with Gasteiger partial charge in [-0.3, -0.25) is 0 Å². The Morgan fingerprint density at radius 1 is 1.50 bits per heavy atom. The van der Waals surface area contributed by atoms with Gasteiger partial charge in [0.15, 0.2) is 0 Å². The first kappa shape index (κ1) is 5.83. The highest BCUT2D eigenvalue weighted by atomic mass is 35.5. The van der Waals surface area contributed by atoms with Crippen molar-refractivity contribution in [3.8, 4) is 0 Å². The smallest absolute Gasteiger partial charge is 0.119 e. The van der Waals surface area contributed by atoms with E-state index in [1.807, 2.05) is 0 Å². The molecule has 1 aliphatic carbocycles. The van der Waals surface area contributed by atoms with E-state index in [4.69, 9.17) is 11.6 Å². The first-order valence-electron chi connectivity index (χ1n) is 2.34. The molecule has 0 spiro atoms. The summed E-state index contributed by atoms with van der Waals surface area (Å²) in [6.07, 6.45) is 4.90. The molecule has 0 bridgehead atoms. The van der Waals surface area contributed by atoms with Crippen LogP contribution in [0.2, 0.25) is 0 Å². The van der Waals surface area contributed by atoms with Gasteiger partial charge in [0.05, 0.1) is 5.38 Å². The molecule has 0 nitrogen and oxygen atoms in total. The van der Waals surface area contributed by atoms with Crippen molar-refractivity contribution in [2.24, 2.45) is 0 Å². The number of rotatable bonds is 0. The minimum Gasteiger partial charge on any atom is -0.207 e. The van der Waals surface area contributed by atoms with E-state index in [0.29, 0.717) is 11.8 Å². The van der Waals surface area contributed by atoms with E-state index in [2.05, 4.69) is 0 Å². The van der Waals surface area contributed by atoms with E-state index in [9.17, 15) is 4.39 Å². The lowest BCUT2D eigenvalue weighted by molar-refractivity contribution is 0.658. The molecule has 0 heterocycles. The molecule has 0 aromatic rings. The number of halogens is 2. The molecule has 2 heteroatoms. The van der Waals surface area contributed by atoms with Crippen LogP contribution >= 0.6 is 11.6 Å². The molecule has 0 N–H and O–H groups in total. The highest BCUT2D eigenvalue weighted by Crippen LogP contribution is 2.21. The second-order valence-electron chi connectivity index (χ2n) is 1.57. The van der Waals surface area contributed by atoms with E-state index in [0.717, 1.165) is 0 Å². The zero-order valence-electron chi connectivity index (χ0n) is 4.20. The Bertz CT molecular complexity index is 137.